The molecule has 1 aliphatic heterocycles. The van der Waals surface area contributed by atoms with Gasteiger partial charge in [-0.05, 0) is 74.6 Å². The van der Waals surface area contributed by atoms with Gasteiger partial charge in [0.25, 0.3) is 0 Å². The molecule has 2 aliphatic rings. The van der Waals surface area contributed by atoms with Crippen LogP contribution in [0.5, 0.6) is 5.75 Å². The predicted molar refractivity (Wildman–Crippen MR) is 170 cm³/mol. The van der Waals surface area contributed by atoms with Gasteiger partial charge in [-0.3, -0.25) is 0 Å². The second-order valence-electron chi connectivity index (χ2n) is 11.4. The van der Waals surface area contributed by atoms with Gasteiger partial charge in [-0.25, -0.2) is 14.5 Å². The number of thioether (sulfide) groups is 1. The standard InChI is InChI=1S/C33H33F3N6O2S/c1-20-17-21(2)29(22(3)18-20)41-15-16-45-32(41)39-31(43)38-28-6-4-5-27(28)23-7-9-24(10-8-23)30-37-19-42(40-30)25-11-13-26(14-12-25)44-33(34,35)36/h7-14,17-19,27-28H,4-6,15-16H2,1-3H3,(H,38,43)/b39-32-. The summed E-state index contributed by atoms with van der Waals surface area (Å²) in [6, 6.07) is 17.4. The molecule has 2 unspecified atom stereocenters. The zero-order chi connectivity index (χ0) is 31.7. The van der Waals surface area contributed by atoms with Gasteiger partial charge in [0.15, 0.2) is 11.0 Å². The summed E-state index contributed by atoms with van der Waals surface area (Å²) >= 11 is 1.61. The number of carbonyl (C=O) groups is 1. The Labute approximate surface area is 263 Å². The first-order valence-electron chi connectivity index (χ1n) is 14.8. The van der Waals surface area contributed by atoms with Crippen LogP contribution in [0.3, 0.4) is 0 Å². The SMILES string of the molecule is Cc1cc(C)c(N2CCS/C2=N\C(=O)NC2CCCC2c2ccc(-c3ncn(-c4ccc(OC(F)(F)F)cc4)n3)cc2)c(C)c1. The van der Waals surface area contributed by atoms with E-state index in [9.17, 15) is 18.0 Å². The van der Waals surface area contributed by atoms with Crippen LogP contribution in [0.4, 0.5) is 23.7 Å². The molecule has 1 saturated carbocycles. The van der Waals surface area contributed by atoms with Crippen molar-refractivity contribution in [2.24, 2.45) is 4.99 Å². The predicted octanol–water partition coefficient (Wildman–Crippen LogP) is 7.71. The molecule has 234 valence electrons. The Hall–Kier alpha value is -4.32. The van der Waals surface area contributed by atoms with E-state index in [1.807, 2.05) is 24.3 Å². The highest BCUT2D eigenvalue weighted by Gasteiger charge is 2.32. The quantitative estimate of drug-likeness (QED) is 0.234. The molecule has 2 fully saturated rings. The van der Waals surface area contributed by atoms with Crippen LogP contribution in [0.15, 0.2) is 72.0 Å². The lowest BCUT2D eigenvalue weighted by Crippen LogP contribution is -2.36. The highest BCUT2D eigenvalue weighted by Crippen LogP contribution is 2.36. The van der Waals surface area contributed by atoms with Crippen LogP contribution in [0.2, 0.25) is 0 Å². The van der Waals surface area contributed by atoms with Gasteiger partial charge in [0.1, 0.15) is 12.1 Å². The Balaban J connectivity index is 1.11. The van der Waals surface area contributed by atoms with E-state index in [0.29, 0.717) is 11.5 Å². The van der Waals surface area contributed by atoms with E-state index >= 15 is 0 Å². The zero-order valence-corrected chi connectivity index (χ0v) is 26.0. The van der Waals surface area contributed by atoms with Crippen molar-refractivity contribution in [3.63, 3.8) is 0 Å². The van der Waals surface area contributed by atoms with Crippen molar-refractivity contribution in [1.29, 1.82) is 0 Å². The normalized spacial score (nSPS) is 19.3. The van der Waals surface area contributed by atoms with Crippen LogP contribution in [0, 0.1) is 20.8 Å². The first-order chi connectivity index (χ1) is 21.5. The van der Waals surface area contributed by atoms with E-state index in [-0.39, 0.29) is 23.7 Å². The van der Waals surface area contributed by atoms with E-state index in [1.165, 1.54) is 52.0 Å². The molecule has 4 aromatic rings. The zero-order valence-electron chi connectivity index (χ0n) is 25.1. The van der Waals surface area contributed by atoms with Crippen LogP contribution in [0.25, 0.3) is 17.1 Å². The number of nitrogens with one attached hydrogen (secondary N) is 1. The third-order valence-electron chi connectivity index (χ3n) is 8.13. The Kier molecular flexibility index (Phi) is 8.59. The maximum absolute atomic E-state index is 13.2. The summed E-state index contributed by atoms with van der Waals surface area (Å²) in [5.74, 6) is 1.23. The first-order valence-corrected chi connectivity index (χ1v) is 15.8. The monoisotopic (exact) mass is 634 g/mol. The van der Waals surface area contributed by atoms with Gasteiger partial charge in [-0.1, -0.05) is 60.1 Å². The molecule has 3 aromatic carbocycles. The van der Waals surface area contributed by atoms with E-state index in [4.69, 9.17) is 0 Å². The second-order valence-corrected chi connectivity index (χ2v) is 12.5. The summed E-state index contributed by atoms with van der Waals surface area (Å²) < 4.78 is 42.8. The van der Waals surface area contributed by atoms with Gasteiger partial charge in [0.2, 0.25) is 0 Å². The maximum Gasteiger partial charge on any atom is 0.573 e. The Morgan fingerprint density at radius 1 is 1.02 bits per heavy atom. The lowest BCUT2D eigenvalue weighted by molar-refractivity contribution is -0.274. The molecule has 45 heavy (non-hydrogen) atoms. The third kappa shape index (κ3) is 7.00. The largest absolute Gasteiger partial charge is 0.573 e. The molecular weight excluding hydrogens is 601 g/mol. The van der Waals surface area contributed by atoms with E-state index in [2.05, 4.69) is 62.9 Å². The summed E-state index contributed by atoms with van der Waals surface area (Å²) in [6.07, 6.45) is -0.379. The molecule has 12 heteroatoms. The molecular formula is C33H33F3N6O2S. The fourth-order valence-electron chi connectivity index (χ4n) is 6.31. The van der Waals surface area contributed by atoms with Gasteiger partial charge >= 0.3 is 12.4 Å². The van der Waals surface area contributed by atoms with E-state index < -0.39 is 6.36 Å². The molecule has 1 N–H and O–H groups in total. The van der Waals surface area contributed by atoms with Crippen LogP contribution >= 0.6 is 11.8 Å². The highest BCUT2D eigenvalue weighted by molar-refractivity contribution is 8.14. The average molecular weight is 635 g/mol. The summed E-state index contributed by atoms with van der Waals surface area (Å²) in [7, 11) is 0. The number of aliphatic imine (C=N–C) groups is 1. The molecule has 1 aromatic heterocycles. The summed E-state index contributed by atoms with van der Waals surface area (Å²) in [5, 5.41) is 8.41. The molecule has 8 nitrogen and oxygen atoms in total. The Morgan fingerprint density at radius 2 is 1.73 bits per heavy atom. The topological polar surface area (TPSA) is 84.6 Å². The van der Waals surface area contributed by atoms with Crippen molar-refractivity contribution in [1.82, 2.24) is 20.1 Å². The smallest absolute Gasteiger partial charge is 0.406 e. The number of urea groups is 1. The summed E-state index contributed by atoms with van der Waals surface area (Å²) in [6.45, 7) is 7.11. The van der Waals surface area contributed by atoms with Crippen LogP contribution in [0.1, 0.15) is 47.4 Å². The number of ether oxygens (including phenoxy) is 1. The summed E-state index contributed by atoms with van der Waals surface area (Å²) in [5.41, 5.74) is 7.18. The van der Waals surface area contributed by atoms with Gasteiger partial charge in [0.05, 0.1) is 5.69 Å². The molecule has 6 rings (SSSR count). The van der Waals surface area contributed by atoms with Crippen molar-refractivity contribution >= 4 is 28.6 Å². The average Bonchev–Trinajstić information content (AvgIpc) is 3.75. The number of aryl methyl sites for hydroxylation is 3. The van der Waals surface area contributed by atoms with Crippen molar-refractivity contribution in [2.45, 2.75) is 58.4 Å². The molecule has 0 bridgehead atoms. The molecule has 2 amide bonds. The van der Waals surface area contributed by atoms with Gasteiger partial charge < -0.3 is 15.0 Å². The third-order valence-corrected chi connectivity index (χ3v) is 9.08. The van der Waals surface area contributed by atoms with Gasteiger partial charge in [-0.15, -0.1) is 18.3 Å². The molecule has 1 aliphatic carbocycles. The number of carbonyl (C=O) groups excluding carboxylic acids is 1. The Bertz CT molecular complexity index is 1700. The lowest BCUT2D eigenvalue weighted by Gasteiger charge is -2.24. The number of alkyl halides is 3. The number of benzene rings is 3. The summed E-state index contributed by atoms with van der Waals surface area (Å²) in [4.78, 5) is 24.2. The molecule has 0 radical (unpaired) electrons. The number of amides is 2. The molecule has 0 spiro atoms. The number of halogens is 3. The number of rotatable bonds is 6. The van der Waals surface area contributed by atoms with Crippen molar-refractivity contribution in [3.05, 3.63) is 89.2 Å². The van der Waals surface area contributed by atoms with Crippen LogP contribution in [-0.2, 0) is 0 Å². The fraction of sp³-hybridized carbons (Fsp3) is 0.333. The van der Waals surface area contributed by atoms with Gasteiger partial charge in [0, 0.05) is 35.5 Å². The van der Waals surface area contributed by atoms with Crippen LogP contribution < -0.4 is 15.0 Å². The van der Waals surface area contributed by atoms with Gasteiger partial charge in [-0.2, -0.15) is 4.99 Å². The highest BCUT2D eigenvalue weighted by atomic mass is 32.2. The van der Waals surface area contributed by atoms with Crippen molar-refractivity contribution in [3.8, 4) is 22.8 Å². The number of amidine groups is 1. The number of hydrogen-bond donors (Lipinski definition) is 1. The Morgan fingerprint density at radius 3 is 2.42 bits per heavy atom. The molecule has 1 saturated heterocycles. The lowest BCUT2D eigenvalue weighted by atomic mass is 9.93. The minimum absolute atomic E-state index is 0.0166. The number of aromatic nitrogens is 3. The number of nitrogens with zero attached hydrogens (tertiary/aromatic N) is 5. The number of hydrogen-bond acceptors (Lipinski definition) is 5. The van der Waals surface area contributed by atoms with Crippen molar-refractivity contribution < 1.29 is 22.7 Å². The molecule has 2 heterocycles. The fourth-order valence-corrected chi connectivity index (χ4v) is 7.25. The number of anilines is 1. The molecule has 2 atom stereocenters. The second kappa shape index (κ2) is 12.6. The minimum Gasteiger partial charge on any atom is -0.406 e. The van der Waals surface area contributed by atoms with E-state index in [1.54, 1.807) is 11.8 Å². The minimum atomic E-state index is -4.75. The van der Waals surface area contributed by atoms with Crippen LogP contribution in [-0.4, -0.2) is 50.7 Å². The van der Waals surface area contributed by atoms with Crippen molar-refractivity contribution in [2.75, 3.05) is 17.2 Å². The first kappa shape index (κ1) is 30.7. The maximum atomic E-state index is 13.2. The van der Waals surface area contributed by atoms with E-state index in [0.717, 1.165) is 53.5 Å².